The number of morpholine rings is 1. The van der Waals surface area contributed by atoms with Crippen LogP contribution in [0.15, 0.2) is 0 Å². The molecule has 2 atom stereocenters. The van der Waals surface area contributed by atoms with E-state index in [1.807, 2.05) is 0 Å². The number of Topliss-reactive ketones (excluding diaryl/α,β-unsaturated/α-hetero) is 1. The number of unbranched alkanes of at least 4 members (excludes halogenated alkanes) is 1. The molecule has 2 aliphatic heterocycles. The molecule has 2 unspecified atom stereocenters. The maximum absolute atomic E-state index is 11.9. The van der Waals surface area contributed by atoms with E-state index in [0.717, 1.165) is 26.1 Å². The number of nitrogens with one attached hydrogen (secondary N) is 1. The van der Waals surface area contributed by atoms with E-state index in [0.29, 0.717) is 37.1 Å². The van der Waals surface area contributed by atoms with E-state index < -0.39 is 0 Å². The van der Waals surface area contributed by atoms with Crippen LogP contribution in [0.4, 0.5) is 4.39 Å². The minimum atomic E-state index is -0.307. The number of hydrogen-bond donors (Lipinski definition) is 1. The van der Waals surface area contributed by atoms with Gasteiger partial charge in [0.2, 0.25) is 0 Å². The molecule has 3 nitrogen and oxygen atoms in total. The standard InChI is InChI=1S/C12H20FNO2/c13-4-2-1-3-12(15)9-5-10-7-16-8-11(6-9)14-10/h9-11,14H,1-8H2. The van der Waals surface area contributed by atoms with E-state index in [1.54, 1.807) is 0 Å². The normalized spacial score (nSPS) is 33.7. The quantitative estimate of drug-likeness (QED) is 0.725. The highest BCUT2D eigenvalue weighted by molar-refractivity contribution is 5.81. The molecule has 0 aromatic heterocycles. The van der Waals surface area contributed by atoms with Gasteiger partial charge < -0.3 is 10.1 Å². The first-order valence-electron chi connectivity index (χ1n) is 6.22. The highest BCUT2D eigenvalue weighted by Gasteiger charge is 2.34. The van der Waals surface area contributed by atoms with Gasteiger partial charge >= 0.3 is 0 Å². The SMILES string of the molecule is O=C(CCCCF)C1CC2COCC(C1)N2. The van der Waals surface area contributed by atoms with Crippen LogP contribution in [0.2, 0.25) is 0 Å². The zero-order valence-corrected chi connectivity index (χ0v) is 9.58. The molecule has 0 spiro atoms. The number of ether oxygens (including phenoxy) is 1. The third-order valence-electron chi connectivity index (χ3n) is 3.51. The molecule has 2 aliphatic rings. The van der Waals surface area contributed by atoms with Crippen molar-refractivity contribution in [2.75, 3.05) is 19.9 Å². The van der Waals surface area contributed by atoms with Crippen molar-refractivity contribution in [2.45, 2.75) is 44.2 Å². The van der Waals surface area contributed by atoms with Crippen molar-refractivity contribution in [3.8, 4) is 0 Å². The van der Waals surface area contributed by atoms with Gasteiger partial charge in [0, 0.05) is 24.4 Å². The van der Waals surface area contributed by atoms with Crippen molar-refractivity contribution in [2.24, 2.45) is 5.92 Å². The molecule has 2 heterocycles. The van der Waals surface area contributed by atoms with Crippen molar-refractivity contribution in [1.82, 2.24) is 5.32 Å². The van der Waals surface area contributed by atoms with E-state index in [1.165, 1.54) is 0 Å². The number of rotatable bonds is 5. The summed E-state index contributed by atoms with van der Waals surface area (Å²) in [5.74, 6) is 0.506. The summed E-state index contributed by atoms with van der Waals surface area (Å²) in [6.07, 6.45) is 3.56. The Labute approximate surface area is 95.7 Å². The van der Waals surface area contributed by atoms with Crippen LogP contribution in [0, 0.1) is 5.92 Å². The summed E-state index contributed by atoms with van der Waals surface area (Å²) in [6.45, 7) is 1.15. The summed E-state index contributed by atoms with van der Waals surface area (Å²) in [4.78, 5) is 11.9. The number of carbonyl (C=O) groups is 1. The number of carbonyl (C=O) groups excluding carboxylic acids is 1. The van der Waals surface area contributed by atoms with Gasteiger partial charge in [-0.2, -0.15) is 0 Å². The molecular weight excluding hydrogens is 209 g/mol. The molecular formula is C12H20FNO2. The molecule has 0 saturated carbocycles. The Kier molecular flexibility index (Phi) is 4.29. The van der Waals surface area contributed by atoms with Crippen LogP contribution >= 0.6 is 0 Å². The lowest BCUT2D eigenvalue weighted by molar-refractivity contribution is -0.126. The lowest BCUT2D eigenvalue weighted by atomic mass is 9.83. The molecule has 2 bridgehead atoms. The molecule has 0 aromatic rings. The zero-order valence-electron chi connectivity index (χ0n) is 9.58. The van der Waals surface area contributed by atoms with Gasteiger partial charge in [-0.3, -0.25) is 9.18 Å². The predicted molar refractivity (Wildman–Crippen MR) is 59.1 cm³/mol. The topological polar surface area (TPSA) is 38.3 Å². The Morgan fingerprint density at radius 1 is 1.25 bits per heavy atom. The third-order valence-corrected chi connectivity index (χ3v) is 3.51. The summed E-state index contributed by atoms with van der Waals surface area (Å²) in [7, 11) is 0. The van der Waals surface area contributed by atoms with Crippen molar-refractivity contribution >= 4 is 5.78 Å². The fourth-order valence-electron chi connectivity index (χ4n) is 2.70. The Morgan fingerprint density at radius 3 is 2.56 bits per heavy atom. The second-order valence-corrected chi connectivity index (χ2v) is 4.88. The Bertz CT molecular complexity index is 235. The fourth-order valence-corrected chi connectivity index (χ4v) is 2.70. The van der Waals surface area contributed by atoms with Crippen LogP contribution in [0.3, 0.4) is 0 Å². The molecule has 0 amide bonds. The maximum atomic E-state index is 11.9. The zero-order chi connectivity index (χ0) is 11.4. The summed E-state index contributed by atoms with van der Waals surface area (Å²) in [5.41, 5.74) is 0. The van der Waals surface area contributed by atoms with Crippen molar-refractivity contribution in [3.63, 3.8) is 0 Å². The first kappa shape index (κ1) is 12.0. The number of fused-ring (bicyclic) bond motifs is 2. The maximum Gasteiger partial charge on any atom is 0.136 e. The number of ketones is 1. The summed E-state index contributed by atoms with van der Waals surface area (Å²) < 4.78 is 17.4. The first-order chi connectivity index (χ1) is 7.79. The van der Waals surface area contributed by atoms with Crippen LogP contribution in [-0.2, 0) is 9.53 Å². The molecule has 0 aliphatic carbocycles. The second kappa shape index (κ2) is 5.73. The average molecular weight is 229 g/mol. The van der Waals surface area contributed by atoms with Crippen LogP contribution in [0.25, 0.3) is 0 Å². The van der Waals surface area contributed by atoms with Gasteiger partial charge in [-0.1, -0.05) is 0 Å². The van der Waals surface area contributed by atoms with Gasteiger partial charge in [-0.25, -0.2) is 0 Å². The van der Waals surface area contributed by atoms with E-state index in [2.05, 4.69) is 5.32 Å². The van der Waals surface area contributed by atoms with Crippen LogP contribution in [0.1, 0.15) is 32.1 Å². The number of alkyl halides is 1. The fraction of sp³-hybridized carbons (Fsp3) is 0.917. The Morgan fingerprint density at radius 2 is 1.94 bits per heavy atom. The minimum Gasteiger partial charge on any atom is -0.378 e. The van der Waals surface area contributed by atoms with Gasteiger partial charge in [0.1, 0.15) is 5.78 Å². The van der Waals surface area contributed by atoms with Gasteiger partial charge in [-0.15, -0.1) is 0 Å². The Hall–Kier alpha value is -0.480. The van der Waals surface area contributed by atoms with Crippen LogP contribution < -0.4 is 5.32 Å². The molecule has 16 heavy (non-hydrogen) atoms. The molecule has 2 saturated heterocycles. The molecule has 4 heteroatoms. The van der Waals surface area contributed by atoms with Crippen molar-refractivity contribution in [3.05, 3.63) is 0 Å². The number of piperidine rings is 1. The van der Waals surface area contributed by atoms with Gasteiger partial charge in [0.25, 0.3) is 0 Å². The molecule has 0 radical (unpaired) electrons. The minimum absolute atomic E-state index is 0.180. The molecule has 0 aromatic carbocycles. The van der Waals surface area contributed by atoms with Crippen LogP contribution in [-0.4, -0.2) is 37.8 Å². The monoisotopic (exact) mass is 229 g/mol. The van der Waals surface area contributed by atoms with Gasteiger partial charge in [-0.05, 0) is 25.7 Å². The Balaban J connectivity index is 1.78. The van der Waals surface area contributed by atoms with E-state index in [9.17, 15) is 9.18 Å². The highest BCUT2D eigenvalue weighted by atomic mass is 19.1. The number of halogens is 1. The van der Waals surface area contributed by atoms with Crippen LogP contribution in [0.5, 0.6) is 0 Å². The molecule has 2 fully saturated rings. The molecule has 92 valence electrons. The lowest BCUT2D eigenvalue weighted by Crippen LogP contribution is -2.55. The highest BCUT2D eigenvalue weighted by Crippen LogP contribution is 2.26. The lowest BCUT2D eigenvalue weighted by Gasteiger charge is -2.39. The molecule has 1 N–H and O–H groups in total. The third kappa shape index (κ3) is 3.01. The largest absolute Gasteiger partial charge is 0.378 e. The van der Waals surface area contributed by atoms with E-state index >= 15 is 0 Å². The van der Waals surface area contributed by atoms with E-state index in [4.69, 9.17) is 4.74 Å². The van der Waals surface area contributed by atoms with Gasteiger partial charge in [0.15, 0.2) is 0 Å². The van der Waals surface area contributed by atoms with Crippen molar-refractivity contribution in [1.29, 1.82) is 0 Å². The average Bonchev–Trinajstić information content (AvgIpc) is 2.28. The van der Waals surface area contributed by atoms with Crippen molar-refractivity contribution < 1.29 is 13.9 Å². The van der Waals surface area contributed by atoms with Gasteiger partial charge in [0.05, 0.1) is 19.9 Å². The predicted octanol–water partition coefficient (Wildman–Crippen LogP) is 1.46. The molecule has 2 rings (SSSR count). The summed E-state index contributed by atoms with van der Waals surface area (Å²) in [6, 6.07) is 0.699. The first-order valence-corrected chi connectivity index (χ1v) is 6.22. The summed E-state index contributed by atoms with van der Waals surface area (Å²) in [5, 5.41) is 3.47. The smallest absolute Gasteiger partial charge is 0.136 e. The second-order valence-electron chi connectivity index (χ2n) is 4.88. The summed E-state index contributed by atoms with van der Waals surface area (Å²) >= 11 is 0. The van der Waals surface area contributed by atoms with E-state index in [-0.39, 0.29) is 12.6 Å². The number of hydrogen-bond acceptors (Lipinski definition) is 3.